The topological polar surface area (TPSA) is 107 Å². The summed E-state index contributed by atoms with van der Waals surface area (Å²) in [5, 5.41) is 21.6. The molecule has 0 saturated carbocycles. The molecule has 1 fully saturated rings. The van der Waals surface area contributed by atoms with Gasteiger partial charge in [-0.1, -0.05) is 33.9 Å². The van der Waals surface area contributed by atoms with E-state index in [9.17, 15) is 24.6 Å². The number of rotatable bonds is 4. The van der Waals surface area contributed by atoms with Gasteiger partial charge in [0, 0.05) is 26.3 Å². The van der Waals surface area contributed by atoms with E-state index in [0.717, 1.165) is 0 Å². The van der Waals surface area contributed by atoms with Gasteiger partial charge in [-0.15, -0.1) is 11.5 Å². The fourth-order valence-electron chi connectivity index (χ4n) is 2.44. The molecule has 0 aromatic heterocycles. The summed E-state index contributed by atoms with van der Waals surface area (Å²) in [6.07, 6.45) is -0.674. The van der Waals surface area contributed by atoms with E-state index in [-0.39, 0.29) is 30.3 Å². The molecular weight excluding hydrogens is 352 g/mol. The van der Waals surface area contributed by atoms with Crippen LogP contribution in [0, 0.1) is 11.5 Å². The van der Waals surface area contributed by atoms with Crippen LogP contribution in [0.15, 0.2) is 0 Å². The van der Waals surface area contributed by atoms with Crippen LogP contribution in [0.3, 0.4) is 0 Å². The van der Waals surface area contributed by atoms with Gasteiger partial charge in [0.2, 0.25) is 11.8 Å². The number of carbonyl (C=O) groups excluding carboxylic acids is 2. The minimum absolute atomic E-state index is 0.00291. The number of nitrogens with one attached hydrogen (secondary N) is 1. The fourth-order valence-corrected chi connectivity index (χ4v) is 3.36. The van der Waals surface area contributed by atoms with Crippen LogP contribution in [-0.2, 0) is 14.4 Å². The number of carboxylic acids is 1. The highest BCUT2D eigenvalue weighted by atomic mass is 28.3. The second-order valence-electron chi connectivity index (χ2n) is 8.36. The number of carbonyl (C=O) groups is 3. The Kier molecular flexibility index (Phi) is 7.02. The van der Waals surface area contributed by atoms with E-state index in [1.807, 2.05) is 0 Å². The lowest BCUT2D eigenvalue weighted by Crippen LogP contribution is -2.50. The smallest absolute Gasteiger partial charge is 0.327 e. The monoisotopic (exact) mass is 382 g/mol. The Morgan fingerprint density at radius 2 is 1.88 bits per heavy atom. The Labute approximate surface area is 156 Å². The summed E-state index contributed by atoms with van der Waals surface area (Å²) in [4.78, 5) is 36.8. The number of aliphatic hydroxyl groups is 1. The first-order chi connectivity index (χ1) is 11.8. The van der Waals surface area contributed by atoms with Crippen molar-refractivity contribution in [3.8, 4) is 11.5 Å². The molecule has 1 heterocycles. The van der Waals surface area contributed by atoms with Crippen LogP contribution >= 0.6 is 0 Å². The molecule has 3 atom stereocenters. The van der Waals surface area contributed by atoms with E-state index >= 15 is 0 Å². The number of hydrogen-bond acceptors (Lipinski definition) is 4. The van der Waals surface area contributed by atoms with Gasteiger partial charge in [0.25, 0.3) is 0 Å². The summed E-state index contributed by atoms with van der Waals surface area (Å²) >= 11 is 0. The van der Waals surface area contributed by atoms with Gasteiger partial charge in [0.1, 0.15) is 20.2 Å². The largest absolute Gasteiger partial charge is 0.480 e. The quantitative estimate of drug-likeness (QED) is 0.496. The van der Waals surface area contributed by atoms with Gasteiger partial charge in [-0.3, -0.25) is 9.59 Å². The normalized spacial score (nSPS) is 21.6. The van der Waals surface area contributed by atoms with Gasteiger partial charge in [0.05, 0.1) is 6.10 Å². The van der Waals surface area contributed by atoms with Crippen molar-refractivity contribution in [3.05, 3.63) is 0 Å². The van der Waals surface area contributed by atoms with Crippen molar-refractivity contribution < 1.29 is 24.6 Å². The van der Waals surface area contributed by atoms with Crippen molar-refractivity contribution >= 4 is 25.9 Å². The predicted octanol–water partition coefficient (Wildman–Crippen LogP) is 0.979. The first-order valence-electron chi connectivity index (χ1n) is 8.74. The van der Waals surface area contributed by atoms with Gasteiger partial charge < -0.3 is 20.4 Å². The molecule has 1 aliphatic rings. The molecule has 1 aliphatic heterocycles. The maximum atomic E-state index is 12.4. The summed E-state index contributed by atoms with van der Waals surface area (Å²) in [6.45, 7) is 12.0. The molecule has 3 N–H and O–H groups in total. The minimum atomic E-state index is -1.86. The Bertz CT molecular complexity index is 630. The van der Waals surface area contributed by atoms with Crippen LogP contribution in [0.25, 0.3) is 0 Å². The van der Waals surface area contributed by atoms with Crippen LogP contribution in [0.4, 0.5) is 0 Å². The SMILES string of the molecule is CC(=O)N1C[C@H](O)C[C@H]1C(=O)N[C@H](CC#C[Si](C)(C)C(C)(C)C)C(=O)O. The van der Waals surface area contributed by atoms with Gasteiger partial charge in [-0.2, -0.15) is 0 Å². The van der Waals surface area contributed by atoms with E-state index in [0.29, 0.717) is 0 Å². The molecule has 7 nitrogen and oxygen atoms in total. The number of aliphatic hydroxyl groups excluding tert-OH is 1. The van der Waals surface area contributed by atoms with Crippen molar-refractivity contribution in [1.29, 1.82) is 0 Å². The molecule has 1 rings (SSSR count). The Balaban J connectivity index is 2.82. The molecule has 2 amide bonds. The molecule has 8 heteroatoms. The lowest BCUT2D eigenvalue weighted by molar-refractivity contribution is -0.143. The molecule has 0 radical (unpaired) electrons. The first-order valence-corrected chi connectivity index (χ1v) is 11.7. The number of amides is 2. The number of likely N-dealkylation sites (tertiary alicyclic amines) is 1. The number of carboxylic acid groups (broad SMARTS) is 1. The molecule has 0 aromatic rings. The van der Waals surface area contributed by atoms with E-state index in [1.54, 1.807) is 0 Å². The maximum Gasteiger partial charge on any atom is 0.327 e. The van der Waals surface area contributed by atoms with Crippen LogP contribution < -0.4 is 5.32 Å². The second-order valence-corrected chi connectivity index (χ2v) is 13.4. The van der Waals surface area contributed by atoms with Gasteiger partial charge in [-0.05, 0) is 5.04 Å². The third kappa shape index (κ3) is 5.58. The third-order valence-corrected chi connectivity index (χ3v) is 9.73. The van der Waals surface area contributed by atoms with Crippen molar-refractivity contribution in [2.75, 3.05) is 6.54 Å². The highest BCUT2D eigenvalue weighted by molar-refractivity contribution is 6.87. The standard InChI is InChI=1S/C18H30N2O5Si/c1-12(21)20-11-13(22)10-15(20)16(23)19-14(17(24)25)8-7-9-26(5,6)18(2,3)4/h13-15,22H,8,10-11H2,1-6H3,(H,19,23)(H,24,25)/t13-,14-,15+/m1/s1. The summed E-state index contributed by atoms with van der Waals surface area (Å²) in [7, 11) is -1.86. The highest BCUT2D eigenvalue weighted by Crippen LogP contribution is 2.35. The van der Waals surface area contributed by atoms with Crippen LogP contribution in [0.1, 0.15) is 40.5 Å². The summed E-state index contributed by atoms with van der Waals surface area (Å²) in [6, 6.07) is -2.00. The van der Waals surface area contributed by atoms with Crippen LogP contribution in [-0.4, -0.2) is 65.7 Å². The molecule has 0 aromatic carbocycles. The molecule has 1 saturated heterocycles. The Morgan fingerprint density at radius 3 is 2.35 bits per heavy atom. The number of aliphatic carboxylic acids is 1. The highest BCUT2D eigenvalue weighted by Gasteiger charge is 2.39. The lowest BCUT2D eigenvalue weighted by atomic mass is 10.1. The second kappa shape index (κ2) is 8.23. The molecule has 146 valence electrons. The van der Waals surface area contributed by atoms with Crippen LogP contribution in [0.5, 0.6) is 0 Å². The zero-order valence-electron chi connectivity index (χ0n) is 16.4. The summed E-state index contributed by atoms with van der Waals surface area (Å²) < 4.78 is 0. The molecule has 26 heavy (non-hydrogen) atoms. The lowest BCUT2D eigenvalue weighted by Gasteiger charge is -2.31. The number of hydrogen-bond donors (Lipinski definition) is 3. The zero-order valence-corrected chi connectivity index (χ0v) is 17.4. The molecule has 0 bridgehead atoms. The van der Waals surface area contributed by atoms with E-state index in [4.69, 9.17) is 0 Å². The van der Waals surface area contributed by atoms with Crippen LogP contribution in [0.2, 0.25) is 18.1 Å². The number of β-amino-alcohol motifs (C(OH)–C–C–N with tert-alkyl or cyclic N) is 1. The molecule has 0 unspecified atom stereocenters. The van der Waals surface area contributed by atoms with Crippen molar-refractivity contribution in [2.45, 2.75) is 76.9 Å². The van der Waals surface area contributed by atoms with E-state index in [1.165, 1.54) is 11.8 Å². The average Bonchev–Trinajstić information content (AvgIpc) is 2.87. The Hall–Kier alpha value is -1.85. The maximum absolute atomic E-state index is 12.4. The Morgan fingerprint density at radius 1 is 1.31 bits per heavy atom. The first kappa shape index (κ1) is 22.2. The molecule has 0 aliphatic carbocycles. The minimum Gasteiger partial charge on any atom is -0.480 e. The summed E-state index contributed by atoms with van der Waals surface area (Å²) in [5.74, 6) is 0.869. The van der Waals surface area contributed by atoms with E-state index < -0.39 is 38.1 Å². The average molecular weight is 383 g/mol. The van der Waals surface area contributed by atoms with Crippen molar-refractivity contribution in [1.82, 2.24) is 10.2 Å². The zero-order chi connectivity index (χ0) is 20.3. The van der Waals surface area contributed by atoms with E-state index in [2.05, 4.69) is 50.6 Å². The van der Waals surface area contributed by atoms with Gasteiger partial charge in [0.15, 0.2) is 0 Å². The third-order valence-electron chi connectivity index (χ3n) is 5.18. The van der Waals surface area contributed by atoms with Crippen molar-refractivity contribution in [2.24, 2.45) is 0 Å². The molecular formula is C18H30N2O5Si. The molecule has 0 spiro atoms. The van der Waals surface area contributed by atoms with Crippen molar-refractivity contribution in [3.63, 3.8) is 0 Å². The van der Waals surface area contributed by atoms with Gasteiger partial charge >= 0.3 is 5.97 Å². The fraction of sp³-hybridized carbons (Fsp3) is 0.722. The predicted molar refractivity (Wildman–Crippen MR) is 101 cm³/mol. The van der Waals surface area contributed by atoms with Gasteiger partial charge in [-0.25, -0.2) is 4.79 Å². The number of nitrogens with zero attached hydrogens (tertiary/aromatic N) is 1. The summed E-state index contributed by atoms with van der Waals surface area (Å²) in [5.41, 5.74) is 3.23.